The summed E-state index contributed by atoms with van der Waals surface area (Å²) < 4.78 is 10.4. The van der Waals surface area contributed by atoms with Crippen molar-refractivity contribution in [2.75, 3.05) is 12.4 Å². The molecule has 2 aromatic rings. The molecular weight excluding hydrogens is 374 g/mol. The highest BCUT2D eigenvalue weighted by Gasteiger charge is 2.16. The van der Waals surface area contributed by atoms with Crippen LogP contribution in [0.5, 0.6) is 0 Å². The van der Waals surface area contributed by atoms with Crippen molar-refractivity contribution in [3.8, 4) is 0 Å². The summed E-state index contributed by atoms with van der Waals surface area (Å²) in [6.07, 6.45) is -0.597. The van der Waals surface area contributed by atoms with Gasteiger partial charge in [-0.15, -0.1) is 0 Å². The second kappa shape index (κ2) is 8.31. The predicted octanol–water partition coefficient (Wildman–Crippen LogP) is 4.38. The Hall–Kier alpha value is -2.60. The van der Waals surface area contributed by atoms with Crippen molar-refractivity contribution in [2.45, 2.75) is 6.61 Å². The van der Waals surface area contributed by atoms with Crippen LogP contribution in [0.25, 0.3) is 5.57 Å². The molecule has 5 nitrogen and oxygen atoms in total. The first-order valence-electron chi connectivity index (χ1n) is 7.06. The van der Waals surface area contributed by atoms with Crippen LogP contribution < -0.4 is 5.32 Å². The van der Waals surface area contributed by atoms with E-state index >= 15 is 0 Å². The smallest absolute Gasteiger partial charge is 0.411 e. The summed E-state index contributed by atoms with van der Waals surface area (Å²) in [6, 6.07) is 14.4. The molecule has 124 valence electrons. The number of nitrogens with one attached hydrogen (secondary N) is 1. The third kappa shape index (κ3) is 4.45. The fraction of sp³-hybridized carbons (Fsp3) is 0.111. The molecule has 0 radical (unpaired) electrons. The van der Waals surface area contributed by atoms with Crippen LogP contribution in [0.2, 0.25) is 0 Å². The van der Waals surface area contributed by atoms with Crippen molar-refractivity contribution in [1.29, 1.82) is 0 Å². The first kappa shape index (κ1) is 17.7. The SMILES string of the molecule is C=C(C(=O)OC)c1cccc(NC(=O)OCc2ccccc2)c1Br. The lowest BCUT2D eigenvalue weighted by molar-refractivity contribution is -0.133. The van der Waals surface area contributed by atoms with Gasteiger partial charge in [-0.3, -0.25) is 5.32 Å². The van der Waals surface area contributed by atoms with Gasteiger partial charge in [0.1, 0.15) is 6.61 Å². The molecule has 2 rings (SSSR count). The van der Waals surface area contributed by atoms with E-state index in [1.54, 1.807) is 18.2 Å². The number of anilines is 1. The molecular formula is C18H16BrNO4. The van der Waals surface area contributed by atoms with E-state index in [1.807, 2.05) is 30.3 Å². The second-order valence-corrected chi connectivity index (χ2v) is 5.62. The minimum atomic E-state index is -0.597. The number of carbonyl (C=O) groups excluding carboxylic acids is 2. The molecule has 0 unspecified atom stereocenters. The number of esters is 1. The molecule has 0 saturated carbocycles. The van der Waals surface area contributed by atoms with Crippen LogP contribution in [0.1, 0.15) is 11.1 Å². The number of hydrogen-bond acceptors (Lipinski definition) is 4. The molecule has 1 amide bonds. The van der Waals surface area contributed by atoms with Gasteiger partial charge in [-0.05, 0) is 27.6 Å². The first-order chi connectivity index (χ1) is 11.5. The fourth-order valence-electron chi connectivity index (χ4n) is 1.96. The van der Waals surface area contributed by atoms with Gasteiger partial charge in [0.05, 0.1) is 18.4 Å². The van der Waals surface area contributed by atoms with E-state index in [0.717, 1.165) is 5.56 Å². The van der Waals surface area contributed by atoms with E-state index in [1.165, 1.54) is 7.11 Å². The van der Waals surface area contributed by atoms with Crippen LogP contribution in [-0.2, 0) is 20.9 Å². The van der Waals surface area contributed by atoms with Gasteiger partial charge in [0.25, 0.3) is 0 Å². The fourth-order valence-corrected chi connectivity index (χ4v) is 2.57. The Morgan fingerprint density at radius 3 is 2.50 bits per heavy atom. The number of carbonyl (C=O) groups is 2. The largest absolute Gasteiger partial charge is 0.465 e. The Labute approximate surface area is 148 Å². The molecule has 0 heterocycles. The highest BCUT2D eigenvalue weighted by atomic mass is 79.9. The second-order valence-electron chi connectivity index (χ2n) is 4.82. The summed E-state index contributed by atoms with van der Waals surface area (Å²) in [5.41, 5.74) is 2.07. The first-order valence-corrected chi connectivity index (χ1v) is 7.86. The molecule has 0 aromatic heterocycles. The number of halogens is 1. The lowest BCUT2D eigenvalue weighted by Gasteiger charge is -2.12. The normalized spacial score (nSPS) is 9.92. The van der Waals surface area contributed by atoms with Crippen molar-refractivity contribution in [3.05, 3.63) is 70.7 Å². The maximum absolute atomic E-state index is 11.9. The zero-order valence-corrected chi connectivity index (χ0v) is 14.6. The van der Waals surface area contributed by atoms with Crippen molar-refractivity contribution in [3.63, 3.8) is 0 Å². The van der Waals surface area contributed by atoms with Crippen molar-refractivity contribution in [2.24, 2.45) is 0 Å². The third-order valence-corrected chi connectivity index (χ3v) is 4.06. The molecule has 0 aliphatic rings. The molecule has 2 aromatic carbocycles. The number of hydrogen-bond donors (Lipinski definition) is 1. The molecule has 6 heteroatoms. The van der Waals surface area contributed by atoms with Crippen molar-refractivity contribution >= 4 is 39.3 Å². The summed E-state index contributed by atoms with van der Waals surface area (Å²) in [5.74, 6) is -0.542. The topological polar surface area (TPSA) is 64.6 Å². The summed E-state index contributed by atoms with van der Waals surface area (Å²) in [6.45, 7) is 3.87. The lowest BCUT2D eigenvalue weighted by Crippen LogP contribution is -2.14. The maximum Gasteiger partial charge on any atom is 0.411 e. The maximum atomic E-state index is 11.9. The molecule has 0 fully saturated rings. The molecule has 0 bridgehead atoms. The van der Waals surface area contributed by atoms with E-state index < -0.39 is 12.1 Å². The average molecular weight is 390 g/mol. The quantitative estimate of drug-likeness (QED) is 0.608. The molecule has 0 spiro atoms. The minimum absolute atomic E-state index is 0.166. The molecule has 0 saturated heterocycles. The number of benzene rings is 2. The molecule has 0 atom stereocenters. The number of ether oxygens (including phenoxy) is 2. The van der Waals surface area contributed by atoms with Gasteiger partial charge in [0, 0.05) is 10.0 Å². The van der Waals surface area contributed by atoms with Gasteiger partial charge >= 0.3 is 12.1 Å². The van der Waals surface area contributed by atoms with Crippen molar-refractivity contribution < 1.29 is 19.1 Å². The van der Waals surface area contributed by atoms with Crippen LogP contribution in [-0.4, -0.2) is 19.2 Å². The van der Waals surface area contributed by atoms with Crippen LogP contribution in [0.15, 0.2) is 59.6 Å². The van der Waals surface area contributed by atoms with Crippen LogP contribution in [0, 0.1) is 0 Å². The van der Waals surface area contributed by atoms with Crippen LogP contribution in [0.4, 0.5) is 10.5 Å². The third-order valence-electron chi connectivity index (χ3n) is 3.21. The van der Waals surface area contributed by atoms with Gasteiger partial charge in [0.15, 0.2) is 0 Å². The Bertz CT molecular complexity index is 759. The Kier molecular flexibility index (Phi) is 6.14. The molecule has 0 aliphatic heterocycles. The highest BCUT2D eigenvalue weighted by Crippen LogP contribution is 2.31. The zero-order valence-electron chi connectivity index (χ0n) is 13.0. The molecule has 24 heavy (non-hydrogen) atoms. The van der Waals surface area contributed by atoms with Crippen LogP contribution >= 0.6 is 15.9 Å². The Balaban J connectivity index is 2.05. The standard InChI is InChI=1S/C18H16BrNO4/c1-12(17(21)23-2)14-9-6-10-15(16(14)19)20-18(22)24-11-13-7-4-3-5-8-13/h3-10H,1,11H2,2H3,(H,20,22). The van der Waals surface area contributed by atoms with Gasteiger partial charge in [-0.1, -0.05) is 49.0 Å². The van der Waals surface area contributed by atoms with E-state index in [0.29, 0.717) is 15.7 Å². The summed E-state index contributed by atoms with van der Waals surface area (Å²) >= 11 is 3.37. The number of rotatable bonds is 5. The van der Waals surface area contributed by atoms with Gasteiger partial charge in [0.2, 0.25) is 0 Å². The molecule has 0 aliphatic carbocycles. The van der Waals surface area contributed by atoms with Gasteiger partial charge in [-0.2, -0.15) is 0 Å². The van der Waals surface area contributed by atoms with E-state index in [9.17, 15) is 9.59 Å². The lowest BCUT2D eigenvalue weighted by atomic mass is 10.1. The number of amides is 1. The van der Waals surface area contributed by atoms with Gasteiger partial charge < -0.3 is 9.47 Å². The predicted molar refractivity (Wildman–Crippen MR) is 95.4 cm³/mol. The Morgan fingerprint density at radius 2 is 1.83 bits per heavy atom. The van der Waals surface area contributed by atoms with Crippen LogP contribution in [0.3, 0.4) is 0 Å². The van der Waals surface area contributed by atoms with E-state index in [2.05, 4.69) is 32.6 Å². The average Bonchev–Trinajstić information content (AvgIpc) is 2.61. The summed E-state index contributed by atoms with van der Waals surface area (Å²) in [7, 11) is 1.28. The minimum Gasteiger partial charge on any atom is -0.465 e. The highest BCUT2D eigenvalue weighted by molar-refractivity contribution is 9.10. The number of methoxy groups -OCH3 is 1. The summed E-state index contributed by atoms with van der Waals surface area (Å²) in [4.78, 5) is 23.5. The van der Waals surface area contributed by atoms with E-state index in [-0.39, 0.29) is 12.2 Å². The summed E-state index contributed by atoms with van der Waals surface area (Å²) in [5, 5.41) is 2.63. The van der Waals surface area contributed by atoms with Gasteiger partial charge in [-0.25, -0.2) is 9.59 Å². The zero-order chi connectivity index (χ0) is 17.5. The van der Waals surface area contributed by atoms with E-state index in [4.69, 9.17) is 4.74 Å². The Morgan fingerprint density at radius 1 is 1.12 bits per heavy atom. The van der Waals surface area contributed by atoms with Crippen molar-refractivity contribution in [1.82, 2.24) is 0 Å². The molecule has 1 N–H and O–H groups in total. The monoisotopic (exact) mass is 389 g/mol.